The van der Waals surface area contributed by atoms with Crippen molar-refractivity contribution in [3.8, 4) is 5.75 Å². The predicted molar refractivity (Wildman–Crippen MR) is 130 cm³/mol. The Bertz CT molecular complexity index is 1060. The largest absolute Gasteiger partial charge is 0.490 e. The third-order valence-electron chi connectivity index (χ3n) is 5.47. The lowest BCUT2D eigenvalue weighted by molar-refractivity contribution is -0.136. The molecule has 8 heteroatoms. The van der Waals surface area contributed by atoms with Crippen LogP contribution in [0.4, 0.5) is 10.5 Å². The van der Waals surface area contributed by atoms with Crippen molar-refractivity contribution in [2.75, 3.05) is 44.2 Å². The number of hydrogen-bond acceptors (Lipinski definition) is 6. The van der Waals surface area contributed by atoms with Gasteiger partial charge >= 0.3 is 0 Å². The minimum Gasteiger partial charge on any atom is -0.490 e. The number of amides is 3. The molecule has 2 aromatic rings. The number of piperazine rings is 1. The van der Waals surface area contributed by atoms with Crippen molar-refractivity contribution in [2.45, 2.75) is 0 Å². The summed E-state index contributed by atoms with van der Waals surface area (Å²) in [6.45, 7) is 6.32. The van der Waals surface area contributed by atoms with Gasteiger partial charge < -0.3 is 14.5 Å². The zero-order valence-corrected chi connectivity index (χ0v) is 19.0. The molecule has 0 spiro atoms. The van der Waals surface area contributed by atoms with E-state index in [-0.39, 0.29) is 12.5 Å². The molecule has 2 heterocycles. The minimum atomic E-state index is -0.437. The summed E-state index contributed by atoms with van der Waals surface area (Å²) in [5.74, 6) is 0.0429. The second kappa shape index (κ2) is 10.4. The number of rotatable bonds is 7. The first kappa shape index (κ1) is 22.7. The summed E-state index contributed by atoms with van der Waals surface area (Å²) in [7, 11) is 0. The molecule has 2 saturated heterocycles. The molecule has 3 amide bonds. The zero-order chi connectivity index (χ0) is 23.2. The Kier molecular flexibility index (Phi) is 7.14. The first-order chi connectivity index (χ1) is 16.0. The van der Waals surface area contributed by atoms with Crippen molar-refractivity contribution in [2.24, 2.45) is 0 Å². The second-order valence-electron chi connectivity index (χ2n) is 7.64. The van der Waals surface area contributed by atoms with Crippen LogP contribution >= 0.6 is 11.8 Å². The van der Waals surface area contributed by atoms with Crippen LogP contribution < -0.4 is 9.64 Å². The van der Waals surface area contributed by atoms with E-state index < -0.39 is 11.1 Å². The molecule has 0 aromatic heterocycles. The van der Waals surface area contributed by atoms with Crippen molar-refractivity contribution in [1.82, 2.24) is 9.80 Å². The highest BCUT2D eigenvalue weighted by atomic mass is 32.2. The molecule has 2 aromatic carbocycles. The molecule has 0 N–H and O–H groups in total. The van der Waals surface area contributed by atoms with E-state index in [0.29, 0.717) is 43.4 Å². The van der Waals surface area contributed by atoms with Crippen LogP contribution in [0.3, 0.4) is 0 Å². The van der Waals surface area contributed by atoms with E-state index in [1.54, 1.807) is 29.2 Å². The number of ether oxygens (including phenoxy) is 1. The van der Waals surface area contributed by atoms with Crippen LogP contribution in [-0.4, -0.2) is 66.2 Å². The van der Waals surface area contributed by atoms with Gasteiger partial charge in [0, 0.05) is 31.9 Å². The first-order valence-corrected chi connectivity index (χ1v) is 11.5. The van der Waals surface area contributed by atoms with Gasteiger partial charge in [-0.15, -0.1) is 0 Å². The predicted octanol–water partition coefficient (Wildman–Crippen LogP) is 3.64. The minimum absolute atomic E-state index is 0.213. The third kappa shape index (κ3) is 5.46. The normalized spacial score (nSPS) is 17.6. The summed E-state index contributed by atoms with van der Waals surface area (Å²) in [5.41, 5.74) is 1.90. The molecule has 0 unspecified atom stereocenters. The number of thioether (sulfide) groups is 1. The Balaban J connectivity index is 1.34. The van der Waals surface area contributed by atoms with Gasteiger partial charge in [0.05, 0.1) is 4.91 Å². The van der Waals surface area contributed by atoms with E-state index in [1.165, 1.54) is 0 Å². The van der Waals surface area contributed by atoms with E-state index in [0.717, 1.165) is 27.9 Å². The van der Waals surface area contributed by atoms with Gasteiger partial charge in [0.15, 0.2) is 0 Å². The van der Waals surface area contributed by atoms with E-state index in [9.17, 15) is 14.4 Å². The molecular weight excluding hydrogens is 438 g/mol. The summed E-state index contributed by atoms with van der Waals surface area (Å²) < 4.78 is 5.45. The van der Waals surface area contributed by atoms with Gasteiger partial charge in [-0.1, -0.05) is 43.0 Å². The standard InChI is InChI=1S/C25H25N3O4S/c1-2-16-32-21-10-8-19(9-11-21)17-22-24(30)28(25(31)33-22)18-23(29)27-14-12-26(13-15-27)20-6-4-3-5-7-20/h2-11,17H,1,12-16,18H2/b22-17+. The molecular formula is C25H25N3O4S. The third-order valence-corrected chi connectivity index (χ3v) is 6.37. The van der Waals surface area contributed by atoms with E-state index in [2.05, 4.69) is 11.5 Å². The highest BCUT2D eigenvalue weighted by Crippen LogP contribution is 2.32. The highest BCUT2D eigenvalue weighted by molar-refractivity contribution is 8.18. The first-order valence-electron chi connectivity index (χ1n) is 10.7. The number of carbonyl (C=O) groups is 3. The van der Waals surface area contributed by atoms with Crippen LogP contribution in [0.1, 0.15) is 5.56 Å². The lowest BCUT2D eigenvalue weighted by atomic mass is 10.2. The number of imide groups is 1. The van der Waals surface area contributed by atoms with E-state index in [1.807, 2.05) is 42.5 Å². The molecule has 2 aliphatic heterocycles. The highest BCUT2D eigenvalue weighted by Gasteiger charge is 2.37. The van der Waals surface area contributed by atoms with Crippen molar-refractivity contribution < 1.29 is 19.1 Å². The fourth-order valence-corrected chi connectivity index (χ4v) is 4.53. The topological polar surface area (TPSA) is 70.2 Å². The van der Waals surface area contributed by atoms with Crippen LogP contribution in [0.25, 0.3) is 6.08 Å². The lowest BCUT2D eigenvalue weighted by Crippen LogP contribution is -2.51. The SMILES string of the molecule is C=CCOc1ccc(/C=C2/SC(=O)N(CC(=O)N3CCN(c4ccccc4)CC3)C2=O)cc1. The number of anilines is 1. The smallest absolute Gasteiger partial charge is 0.294 e. The maximum absolute atomic E-state index is 12.8. The molecule has 170 valence electrons. The van der Waals surface area contributed by atoms with Gasteiger partial charge in [0.2, 0.25) is 5.91 Å². The van der Waals surface area contributed by atoms with Crippen molar-refractivity contribution in [3.63, 3.8) is 0 Å². The monoisotopic (exact) mass is 463 g/mol. The summed E-state index contributed by atoms with van der Waals surface area (Å²) >= 11 is 0.856. The Morgan fingerprint density at radius 2 is 1.70 bits per heavy atom. The Labute approximate surface area is 197 Å². The van der Waals surface area contributed by atoms with Gasteiger partial charge in [-0.25, -0.2) is 0 Å². The van der Waals surface area contributed by atoms with Gasteiger partial charge in [0.25, 0.3) is 11.1 Å². The molecule has 0 atom stereocenters. The van der Waals surface area contributed by atoms with Crippen LogP contribution in [-0.2, 0) is 9.59 Å². The van der Waals surface area contributed by atoms with Crippen LogP contribution in [0, 0.1) is 0 Å². The average molecular weight is 464 g/mol. The van der Waals surface area contributed by atoms with Crippen molar-refractivity contribution >= 4 is 40.6 Å². The quantitative estimate of drug-likeness (QED) is 0.461. The lowest BCUT2D eigenvalue weighted by Gasteiger charge is -2.36. The summed E-state index contributed by atoms with van der Waals surface area (Å²) in [6, 6.07) is 17.3. The number of benzene rings is 2. The van der Waals surface area contributed by atoms with Crippen molar-refractivity contribution in [1.29, 1.82) is 0 Å². The second-order valence-corrected chi connectivity index (χ2v) is 8.63. The molecule has 2 fully saturated rings. The summed E-state index contributed by atoms with van der Waals surface area (Å²) in [5, 5.41) is -0.423. The molecule has 0 aliphatic carbocycles. The van der Waals surface area contributed by atoms with E-state index in [4.69, 9.17) is 4.74 Å². The molecule has 7 nitrogen and oxygen atoms in total. The average Bonchev–Trinajstić information content (AvgIpc) is 3.11. The van der Waals surface area contributed by atoms with Crippen LogP contribution in [0.2, 0.25) is 0 Å². The molecule has 2 aliphatic rings. The number of nitrogens with zero attached hydrogens (tertiary/aromatic N) is 3. The maximum Gasteiger partial charge on any atom is 0.294 e. The van der Waals surface area contributed by atoms with E-state index >= 15 is 0 Å². The molecule has 0 radical (unpaired) electrons. The fraction of sp³-hybridized carbons (Fsp3) is 0.240. The number of para-hydroxylation sites is 1. The fourth-order valence-electron chi connectivity index (χ4n) is 3.69. The van der Waals surface area contributed by atoms with Gasteiger partial charge in [-0.2, -0.15) is 0 Å². The summed E-state index contributed by atoms with van der Waals surface area (Å²) in [6.07, 6.45) is 3.32. The number of carbonyl (C=O) groups excluding carboxylic acids is 3. The Morgan fingerprint density at radius 1 is 1.00 bits per heavy atom. The summed E-state index contributed by atoms with van der Waals surface area (Å²) in [4.78, 5) is 43.3. The van der Waals surface area contributed by atoms with Crippen LogP contribution in [0.15, 0.2) is 72.2 Å². The zero-order valence-electron chi connectivity index (χ0n) is 18.2. The maximum atomic E-state index is 12.8. The van der Waals surface area contributed by atoms with Crippen LogP contribution in [0.5, 0.6) is 5.75 Å². The number of hydrogen-bond donors (Lipinski definition) is 0. The molecule has 0 saturated carbocycles. The van der Waals surface area contributed by atoms with Crippen molar-refractivity contribution in [3.05, 3.63) is 77.7 Å². The van der Waals surface area contributed by atoms with Gasteiger partial charge in [-0.3, -0.25) is 19.3 Å². The Hall–Kier alpha value is -3.52. The molecule has 33 heavy (non-hydrogen) atoms. The van der Waals surface area contributed by atoms with Gasteiger partial charge in [-0.05, 0) is 47.7 Å². The molecule has 4 rings (SSSR count). The van der Waals surface area contributed by atoms with Gasteiger partial charge in [0.1, 0.15) is 18.9 Å². The Morgan fingerprint density at radius 3 is 2.36 bits per heavy atom. The molecule has 0 bridgehead atoms.